The Morgan fingerprint density at radius 1 is 1.14 bits per heavy atom. The summed E-state index contributed by atoms with van der Waals surface area (Å²) in [5, 5.41) is 3.03. The number of pyridine rings is 1. The molecule has 0 atom stereocenters. The zero-order valence-corrected chi connectivity index (χ0v) is 17.1. The lowest BCUT2D eigenvalue weighted by Gasteiger charge is -2.30. The molecule has 1 amide bonds. The fraction of sp³-hybridized carbons (Fsp3) is 0.650. The maximum atomic E-state index is 12.6. The van der Waals surface area contributed by atoms with Crippen LogP contribution < -0.4 is 5.32 Å². The second-order valence-corrected chi connectivity index (χ2v) is 10.2. The van der Waals surface area contributed by atoms with E-state index in [0.717, 1.165) is 0 Å². The summed E-state index contributed by atoms with van der Waals surface area (Å²) in [5.41, 5.74) is 0. The highest BCUT2D eigenvalue weighted by Crippen LogP contribution is 2.44. The molecule has 1 aliphatic heterocycles. The smallest absolute Gasteiger partial charge is 0.309 e. The van der Waals surface area contributed by atoms with E-state index in [2.05, 4.69) is 10.3 Å². The summed E-state index contributed by atoms with van der Waals surface area (Å²) >= 11 is 0. The molecule has 2 heterocycles. The molecule has 4 rings (SSSR count). The minimum absolute atomic E-state index is 0.151. The van der Waals surface area contributed by atoms with Gasteiger partial charge >= 0.3 is 5.97 Å². The largest absolute Gasteiger partial charge is 0.455 e. The Kier molecular flexibility index (Phi) is 5.87. The first-order valence-electron chi connectivity index (χ1n) is 10.3. The first kappa shape index (κ1) is 20.3. The molecule has 3 aliphatic rings. The quantitative estimate of drug-likeness (QED) is 0.635. The zero-order chi connectivity index (χ0) is 20.4. The van der Waals surface area contributed by atoms with Gasteiger partial charge in [-0.1, -0.05) is 0 Å². The molecular weight excluding hydrogens is 394 g/mol. The van der Waals surface area contributed by atoms with Crippen LogP contribution in [0.4, 0.5) is 0 Å². The molecule has 1 aromatic rings. The second kappa shape index (κ2) is 8.39. The molecule has 1 aromatic heterocycles. The number of nitrogens with one attached hydrogen (secondary N) is 1. The van der Waals surface area contributed by atoms with Gasteiger partial charge in [0, 0.05) is 31.5 Å². The van der Waals surface area contributed by atoms with Crippen LogP contribution in [0, 0.1) is 17.8 Å². The molecule has 0 unspecified atom stereocenters. The molecule has 8 nitrogen and oxygen atoms in total. The Hall–Kier alpha value is -2.00. The summed E-state index contributed by atoms with van der Waals surface area (Å²) in [6.07, 6.45) is 8.28. The molecule has 3 fully saturated rings. The van der Waals surface area contributed by atoms with Crippen molar-refractivity contribution >= 4 is 21.9 Å². The fourth-order valence-corrected chi connectivity index (χ4v) is 5.43. The summed E-state index contributed by atoms with van der Waals surface area (Å²) in [6, 6.07) is 3.33. The van der Waals surface area contributed by atoms with E-state index in [1.54, 1.807) is 6.07 Å². The van der Waals surface area contributed by atoms with Gasteiger partial charge in [0.25, 0.3) is 5.91 Å². The van der Waals surface area contributed by atoms with E-state index < -0.39 is 16.0 Å². The Morgan fingerprint density at radius 2 is 1.79 bits per heavy atom. The van der Waals surface area contributed by atoms with Gasteiger partial charge in [0.1, 0.15) is 4.90 Å². The second-order valence-electron chi connectivity index (χ2n) is 8.24. The Balaban J connectivity index is 1.22. The number of rotatable bonds is 8. The Bertz CT molecular complexity index is 832. The van der Waals surface area contributed by atoms with Crippen molar-refractivity contribution in [2.75, 3.05) is 19.7 Å². The number of ether oxygens (including phenoxy) is 1. The SMILES string of the molecule is O=C(COC(=O)C1CCN(S(=O)(=O)c2cccnc2)CC1)NC(C1CC1)C1CC1. The van der Waals surface area contributed by atoms with Crippen LogP contribution >= 0.6 is 0 Å². The molecule has 2 saturated carbocycles. The minimum atomic E-state index is -3.60. The summed E-state index contributed by atoms with van der Waals surface area (Å²) < 4.78 is 31.8. The maximum Gasteiger partial charge on any atom is 0.309 e. The van der Waals surface area contributed by atoms with Crippen molar-refractivity contribution in [2.45, 2.75) is 49.5 Å². The topological polar surface area (TPSA) is 106 Å². The van der Waals surface area contributed by atoms with Gasteiger partial charge in [0.05, 0.1) is 5.92 Å². The van der Waals surface area contributed by atoms with E-state index in [9.17, 15) is 18.0 Å². The molecule has 1 saturated heterocycles. The van der Waals surface area contributed by atoms with Gasteiger partial charge in [0.15, 0.2) is 6.61 Å². The number of piperidine rings is 1. The molecule has 29 heavy (non-hydrogen) atoms. The van der Waals surface area contributed by atoms with Crippen molar-refractivity contribution in [3.63, 3.8) is 0 Å². The number of sulfonamides is 1. The summed E-state index contributed by atoms with van der Waals surface area (Å²) in [6.45, 7) is 0.228. The van der Waals surface area contributed by atoms with Crippen LogP contribution in [0.5, 0.6) is 0 Å². The van der Waals surface area contributed by atoms with Crippen molar-refractivity contribution in [3.05, 3.63) is 24.5 Å². The number of carbonyl (C=O) groups is 2. The van der Waals surface area contributed by atoms with Crippen LogP contribution in [0.25, 0.3) is 0 Å². The van der Waals surface area contributed by atoms with Gasteiger partial charge in [-0.2, -0.15) is 4.31 Å². The summed E-state index contributed by atoms with van der Waals surface area (Å²) in [7, 11) is -3.60. The normalized spacial score (nSPS) is 21.1. The number of esters is 1. The first-order valence-corrected chi connectivity index (χ1v) is 11.8. The van der Waals surface area contributed by atoms with Crippen LogP contribution in [-0.4, -0.2) is 55.3 Å². The minimum Gasteiger partial charge on any atom is -0.455 e. The van der Waals surface area contributed by atoms with Gasteiger partial charge < -0.3 is 10.1 Å². The van der Waals surface area contributed by atoms with Gasteiger partial charge in [-0.3, -0.25) is 14.6 Å². The number of hydrogen-bond acceptors (Lipinski definition) is 6. The van der Waals surface area contributed by atoms with Gasteiger partial charge in [0.2, 0.25) is 10.0 Å². The monoisotopic (exact) mass is 421 g/mol. The highest BCUT2D eigenvalue weighted by molar-refractivity contribution is 7.89. The molecule has 1 N–H and O–H groups in total. The third-order valence-corrected chi connectivity index (χ3v) is 7.87. The maximum absolute atomic E-state index is 12.6. The third kappa shape index (κ3) is 4.95. The number of hydrogen-bond donors (Lipinski definition) is 1. The number of carbonyl (C=O) groups excluding carboxylic acids is 2. The van der Waals surface area contributed by atoms with Crippen LogP contribution in [-0.2, 0) is 24.3 Å². The number of aromatic nitrogens is 1. The zero-order valence-electron chi connectivity index (χ0n) is 16.3. The molecule has 2 aliphatic carbocycles. The van der Waals surface area contributed by atoms with Gasteiger partial charge in [-0.15, -0.1) is 0 Å². The fourth-order valence-electron chi connectivity index (χ4n) is 3.99. The van der Waals surface area contributed by atoms with E-state index in [1.165, 1.54) is 48.4 Å². The van der Waals surface area contributed by atoms with E-state index in [0.29, 0.717) is 24.7 Å². The Morgan fingerprint density at radius 3 is 2.34 bits per heavy atom. The summed E-state index contributed by atoms with van der Waals surface area (Å²) in [5.74, 6) is 0.138. The first-order chi connectivity index (χ1) is 13.9. The average Bonchev–Trinajstić information content (AvgIpc) is 3.64. The lowest BCUT2D eigenvalue weighted by molar-refractivity contribution is -0.154. The van der Waals surface area contributed by atoms with Gasteiger partial charge in [-0.05, 0) is 62.5 Å². The summed E-state index contributed by atoms with van der Waals surface area (Å²) in [4.78, 5) is 28.5. The molecule has 0 radical (unpaired) electrons. The molecule has 0 spiro atoms. The van der Waals surface area contributed by atoms with Gasteiger partial charge in [-0.25, -0.2) is 8.42 Å². The van der Waals surface area contributed by atoms with Crippen molar-refractivity contribution in [3.8, 4) is 0 Å². The van der Waals surface area contributed by atoms with Crippen molar-refractivity contribution < 1.29 is 22.7 Å². The molecular formula is C20H27N3O5S. The van der Waals surface area contributed by atoms with Crippen molar-refractivity contribution in [2.24, 2.45) is 17.8 Å². The highest BCUT2D eigenvalue weighted by atomic mass is 32.2. The lowest BCUT2D eigenvalue weighted by atomic mass is 9.98. The number of amides is 1. The standard InChI is InChI=1S/C20H27N3O5S/c24-18(22-19(14-3-4-14)15-5-6-15)13-28-20(25)16-7-10-23(11-8-16)29(26,27)17-2-1-9-21-12-17/h1-2,9,12,14-16,19H,3-8,10-11,13H2,(H,22,24). The van der Waals surface area contributed by atoms with Crippen LogP contribution in [0.2, 0.25) is 0 Å². The average molecular weight is 422 g/mol. The van der Waals surface area contributed by atoms with Crippen molar-refractivity contribution in [1.82, 2.24) is 14.6 Å². The predicted octanol–water partition coefficient (Wildman–Crippen LogP) is 1.33. The highest BCUT2D eigenvalue weighted by Gasteiger charge is 2.42. The number of nitrogens with zero attached hydrogens (tertiary/aromatic N) is 2. The molecule has 9 heteroatoms. The lowest BCUT2D eigenvalue weighted by Crippen LogP contribution is -2.42. The van der Waals surface area contributed by atoms with Crippen molar-refractivity contribution in [1.29, 1.82) is 0 Å². The predicted molar refractivity (Wildman–Crippen MR) is 104 cm³/mol. The van der Waals surface area contributed by atoms with E-state index in [1.807, 2.05) is 0 Å². The van der Waals surface area contributed by atoms with Crippen LogP contribution in [0.3, 0.4) is 0 Å². The Labute approximate surface area is 171 Å². The van der Waals surface area contributed by atoms with E-state index in [-0.39, 0.29) is 42.5 Å². The molecule has 158 valence electrons. The third-order valence-electron chi connectivity index (χ3n) is 5.99. The van der Waals surface area contributed by atoms with E-state index in [4.69, 9.17) is 4.74 Å². The molecule has 0 aromatic carbocycles. The van der Waals surface area contributed by atoms with Crippen LogP contribution in [0.15, 0.2) is 29.4 Å². The van der Waals surface area contributed by atoms with Crippen LogP contribution in [0.1, 0.15) is 38.5 Å². The molecule has 0 bridgehead atoms. The van der Waals surface area contributed by atoms with E-state index >= 15 is 0 Å².